The molecule has 1 fully saturated rings. The molecular formula is C26H29ClN6O. The SMILES string of the molecule is CC(C)(C)CC(=O)N1CCN(c2nc3cc(Cl)ccc3c3nnc(Cc4ccccc4)n23)CC1. The fraction of sp³-hybridized carbons (Fsp3) is 0.385. The van der Waals surface area contributed by atoms with Gasteiger partial charge in [-0.3, -0.25) is 4.79 Å². The van der Waals surface area contributed by atoms with Crippen molar-refractivity contribution in [2.45, 2.75) is 33.6 Å². The third-order valence-corrected chi connectivity index (χ3v) is 6.39. The van der Waals surface area contributed by atoms with Crippen molar-refractivity contribution in [1.82, 2.24) is 24.5 Å². The van der Waals surface area contributed by atoms with E-state index < -0.39 is 0 Å². The Labute approximate surface area is 204 Å². The van der Waals surface area contributed by atoms with E-state index in [-0.39, 0.29) is 11.3 Å². The molecule has 0 radical (unpaired) electrons. The summed E-state index contributed by atoms with van der Waals surface area (Å²) in [4.78, 5) is 22.0. The molecule has 0 spiro atoms. The van der Waals surface area contributed by atoms with Gasteiger partial charge in [0.25, 0.3) is 0 Å². The van der Waals surface area contributed by atoms with E-state index >= 15 is 0 Å². The lowest BCUT2D eigenvalue weighted by Gasteiger charge is -2.36. The van der Waals surface area contributed by atoms with Gasteiger partial charge in [0.05, 0.1) is 5.52 Å². The molecule has 1 amide bonds. The van der Waals surface area contributed by atoms with Crippen molar-refractivity contribution in [1.29, 1.82) is 0 Å². The summed E-state index contributed by atoms with van der Waals surface area (Å²) >= 11 is 6.29. The molecule has 3 heterocycles. The number of nitrogens with zero attached hydrogens (tertiary/aromatic N) is 6. The number of carbonyl (C=O) groups is 1. The molecule has 7 nitrogen and oxygen atoms in total. The van der Waals surface area contributed by atoms with Crippen molar-refractivity contribution in [2.75, 3.05) is 31.1 Å². The molecule has 8 heteroatoms. The summed E-state index contributed by atoms with van der Waals surface area (Å²) in [5.41, 5.74) is 2.71. The Bertz CT molecular complexity index is 1340. The van der Waals surface area contributed by atoms with Gasteiger partial charge >= 0.3 is 0 Å². The number of benzene rings is 2. The van der Waals surface area contributed by atoms with E-state index in [4.69, 9.17) is 16.6 Å². The van der Waals surface area contributed by atoms with E-state index in [1.807, 2.05) is 41.3 Å². The van der Waals surface area contributed by atoms with Gasteiger partial charge < -0.3 is 9.80 Å². The summed E-state index contributed by atoms with van der Waals surface area (Å²) in [5, 5.41) is 10.7. The van der Waals surface area contributed by atoms with Crippen LogP contribution in [0.5, 0.6) is 0 Å². The Morgan fingerprint density at radius 3 is 2.44 bits per heavy atom. The van der Waals surface area contributed by atoms with Gasteiger partial charge in [0, 0.05) is 49.4 Å². The third kappa shape index (κ3) is 4.57. The summed E-state index contributed by atoms with van der Waals surface area (Å²) in [6.45, 7) is 9.04. The average Bonchev–Trinajstić information content (AvgIpc) is 3.22. The molecule has 0 aliphatic carbocycles. The van der Waals surface area contributed by atoms with Gasteiger partial charge in [0.1, 0.15) is 5.82 Å². The molecule has 0 N–H and O–H groups in total. The number of piperazine rings is 1. The summed E-state index contributed by atoms with van der Waals surface area (Å²) in [7, 11) is 0. The molecule has 5 rings (SSSR count). The van der Waals surface area contributed by atoms with Crippen LogP contribution < -0.4 is 4.90 Å². The second kappa shape index (κ2) is 8.87. The molecule has 1 saturated heterocycles. The van der Waals surface area contributed by atoms with Crippen LogP contribution in [0.25, 0.3) is 16.6 Å². The number of rotatable bonds is 4. The zero-order valence-electron chi connectivity index (χ0n) is 19.8. The Morgan fingerprint density at radius 1 is 1.00 bits per heavy atom. The minimum absolute atomic E-state index is 0.0195. The van der Waals surface area contributed by atoms with Crippen LogP contribution in [0.1, 0.15) is 38.6 Å². The average molecular weight is 477 g/mol. The van der Waals surface area contributed by atoms with Crippen molar-refractivity contribution in [3.05, 3.63) is 64.9 Å². The van der Waals surface area contributed by atoms with Crippen LogP contribution in [0, 0.1) is 5.41 Å². The van der Waals surface area contributed by atoms with Gasteiger partial charge in [-0.2, -0.15) is 0 Å². The molecule has 2 aromatic carbocycles. The van der Waals surface area contributed by atoms with Crippen LogP contribution in [-0.4, -0.2) is 56.6 Å². The van der Waals surface area contributed by atoms with Crippen molar-refractivity contribution < 1.29 is 4.79 Å². The van der Waals surface area contributed by atoms with Crippen molar-refractivity contribution in [3.8, 4) is 0 Å². The number of hydrogen-bond donors (Lipinski definition) is 0. The Morgan fingerprint density at radius 2 is 1.74 bits per heavy atom. The van der Waals surface area contributed by atoms with E-state index in [2.05, 4.69) is 52.4 Å². The molecule has 2 aromatic heterocycles. The number of hydrogen-bond acceptors (Lipinski definition) is 5. The van der Waals surface area contributed by atoms with Crippen LogP contribution in [0.2, 0.25) is 5.02 Å². The van der Waals surface area contributed by atoms with Gasteiger partial charge in [0.2, 0.25) is 11.9 Å². The molecule has 0 saturated carbocycles. The lowest BCUT2D eigenvalue weighted by Crippen LogP contribution is -2.50. The zero-order chi connectivity index (χ0) is 23.9. The maximum atomic E-state index is 12.7. The second-order valence-corrected chi connectivity index (χ2v) is 10.6. The summed E-state index contributed by atoms with van der Waals surface area (Å²) < 4.78 is 2.07. The topological polar surface area (TPSA) is 66.6 Å². The van der Waals surface area contributed by atoms with Gasteiger partial charge in [-0.15, -0.1) is 10.2 Å². The fourth-order valence-electron chi connectivity index (χ4n) is 4.47. The summed E-state index contributed by atoms with van der Waals surface area (Å²) in [6.07, 6.45) is 1.20. The van der Waals surface area contributed by atoms with Crippen LogP contribution in [-0.2, 0) is 11.2 Å². The first-order valence-electron chi connectivity index (χ1n) is 11.7. The zero-order valence-corrected chi connectivity index (χ0v) is 20.6. The molecular weight excluding hydrogens is 448 g/mol. The maximum Gasteiger partial charge on any atom is 0.223 e. The highest BCUT2D eigenvalue weighted by Crippen LogP contribution is 2.28. The number of anilines is 1. The highest BCUT2D eigenvalue weighted by molar-refractivity contribution is 6.31. The predicted octanol–water partition coefficient (Wildman–Crippen LogP) is 4.61. The molecule has 0 unspecified atom stereocenters. The number of halogens is 1. The molecule has 0 bridgehead atoms. The molecule has 1 aliphatic rings. The maximum absolute atomic E-state index is 12.7. The highest BCUT2D eigenvalue weighted by atomic mass is 35.5. The molecule has 4 aromatic rings. The van der Waals surface area contributed by atoms with Crippen molar-refractivity contribution >= 4 is 40.0 Å². The molecule has 0 atom stereocenters. The summed E-state index contributed by atoms with van der Waals surface area (Å²) in [5.74, 6) is 1.85. The van der Waals surface area contributed by atoms with E-state index in [0.717, 1.165) is 33.9 Å². The van der Waals surface area contributed by atoms with Gasteiger partial charge in [-0.05, 0) is 29.2 Å². The lowest BCUT2D eigenvalue weighted by atomic mass is 9.91. The number of amides is 1. The van der Waals surface area contributed by atoms with E-state index in [1.54, 1.807) is 0 Å². The monoisotopic (exact) mass is 476 g/mol. The van der Waals surface area contributed by atoms with Crippen LogP contribution >= 0.6 is 11.6 Å². The van der Waals surface area contributed by atoms with Crippen LogP contribution in [0.15, 0.2) is 48.5 Å². The Hall–Kier alpha value is -3.19. The Kier molecular flexibility index (Phi) is 5.90. The third-order valence-electron chi connectivity index (χ3n) is 6.15. The van der Waals surface area contributed by atoms with Gasteiger partial charge in [-0.1, -0.05) is 62.7 Å². The van der Waals surface area contributed by atoms with E-state index in [9.17, 15) is 4.79 Å². The van der Waals surface area contributed by atoms with Crippen molar-refractivity contribution in [2.24, 2.45) is 5.41 Å². The summed E-state index contributed by atoms with van der Waals surface area (Å²) in [6, 6.07) is 15.9. The van der Waals surface area contributed by atoms with Crippen LogP contribution in [0.3, 0.4) is 0 Å². The quantitative estimate of drug-likeness (QED) is 0.430. The second-order valence-electron chi connectivity index (χ2n) is 10.1. The normalized spacial score (nSPS) is 14.8. The van der Waals surface area contributed by atoms with Crippen molar-refractivity contribution in [3.63, 3.8) is 0 Å². The first-order valence-corrected chi connectivity index (χ1v) is 12.1. The largest absolute Gasteiger partial charge is 0.339 e. The lowest BCUT2D eigenvalue weighted by molar-refractivity contribution is -0.133. The standard InChI is InChI=1S/C26H29ClN6O/c1-26(2,3)17-23(34)31-11-13-32(14-12-31)25-28-21-16-19(27)9-10-20(21)24-30-29-22(33(24)25)15-18-7-5-4-6-8-18/h4-10,16H,11-15,17H2,1-3H3. The molecule has 34 heavy (non-hydrogen) atoms. The van der Waals surface area contributed by atoms with Gasteiger partial charge in [-0.25, -0.2) is 9.38 Å². The highest BCUT2D eigenvalue weighted by Gasteiger charge is 2.27. The van der Waals surface area contributed by atoms with Crippen LogP contribution in [0.4, 0.5) is 5.95 Å². The number of fused-ring (bicyclic) bond motifs is 3. The minimum atomic E-state index is -0.0195. The van der Waals surface area contributed by atoms with Gasteiger partial charge in [0.15, 0.2) is 5.65 Å². The minimum Gasteiger partial charge on any atom is -0.339 e. The van der Waals surface area contributed by atoms with E-state index in [1.165, 1.54) is 0 Å². The Balaban J connectivity index is 1.51. The first-order chi connectivity index (χ1) is 16.3. The number of aromatic nitrogens is 4. The first kappa shape index (κ1) is 22.6. The smallest absolute Gasteiger partial charge is 0.223 e. The predicted molar refractivity (Wildman–Crippen MR) is 135 cm³/mol. The molecule has 176 valence electrons. The fourth-order valence-corrected chi connectivity index (χ4v) is 4.64. The molecule has 1 aliphatic heterocycles. The van der Waals surface area contributed by atoms with E-state index in [0.29, 0.717) is 44.0 Å². The number of carbonyl (C=O) groups excluding carboxylic acids is 1.